The first kappa shape index (κ1) is 9.20. The summed E-state index contributed by atoms with van der Waals surface area (Å²) in [6.07, 6.45) is 3.76. The standard InChI is InChI=1S/C10H17N2/c1-4-12(2,3)9-10-6-5-7-11-8-10/h5-8H,4,9H2,1-3H3/q+1. The Balaban J connectivity index is 2.64. The molecule has 0 amide bonds. The molecule has 0 aliphatic rings. The third-order valence-corrected chi connectivity index (χ3v) is 2.19. The van der Waals surface area contributed by atoms with Gasteiger partial charge >= 0.3 is 0 Å². The van der Waals surface area contributed by atoms with E-state index in [1.54, 1.807) is 0 Å². The molecule has 1 rings (SSSR count). The van der Waals surface area contributed by atoms with Crippen molar-refractivity contribution >= 4 is 0 Å². The molecule has 0 radical (unpaired) electrons. The second kappa shape index (κ2) is 3.68. The number of pyridine rings is 1. The van der Waals surface area contributed by atoms with Crippen LogP contribution in [0, 0.1) is 0 Å². The fourth-order valence-electron chi connectivity index (χ4n) is 1.10. The number of hydrogen-bond acceptors (Lipinski definition) is 1. The van der Waals surface area contributed by atoms with Gasteiger partial charge in [-0.3, -0.25) is 4.98 Å². The molecule has 2 heteroatoms. The summed E-state index contributed by atoms with van der Waals surface area (Å²) in [5.74, 6) is 0. The topological polar surface area (TPSA) is 12.9 Å². The van der Waals surface area contributed by atoms with Gasteiger partial charge in [-0.25, -0.2) is 0 Å². The lowest BCUT2D eigenvalue weighted by atomic mass is 10.2. The molecule has 1 heterocycles. The molecule has 0 spiro atoms. The van der Waals surface area contributed by atoms with Crippen molar-refractivity contribution in [3.8, 4) is 0 Å². The van der Waals surface area contributed by atoms with Crippen molar-refractivity contribution in [3.63, 3.8) is 0 Å². The molecule has 0 unspecified atom stereocenters. The van der Waals surface area contributed by atoms with Crippen LogP contribution in [0.4, 0.5) is 0 Å². The molecule has 0 N–H and O–H groups in total. The zero-order valence-corrected chi connectivity index (χ0v) is 8.12. The second-order valence-electron chi connectivity index (χ2n) is 3.77. The van der Waals surface area contributed by atoms with E-state index in [1.165, 1.54) is 5.56 Å². The van der Waals surface area contributed by atoms with Gasteiger partial charge in [0, 0.05) is 18.0 Å². The van der Waals surface area contributed by atoms with Gasteiger partial charge in [0.15, 0.2) is 0 Å². The van der Waals surface area contributed by atoms with Crippen LogP contribution in [0.1, 0.15) is 12.5 Å². The molecule has 1 aromatic heterocycles. The van der Waals surface area contributed by atoms with Crippen LogP contribution >= 0.6 is 0 Å². The maximum atomic E-state index is 4.09. The highest BCUT2D eigenvalue weighted by atomic mass is 15.3. The molecule has 2 nitrogen and oxygen atoms in total. The average Bonchev–Trinajstić information content (AvgIpc) is 2.06. The Hall–Kier alpha value is -0.890. The zero-order valence-electron chi connectivity index (χ0n) is 8.12. The zero-order chi connectivity index (χ0) is 9.03. The summed E-state index contributed by atoms with van der Waals surface area (Å²) in [7, 11) is 4.46. The van der Waals surface area contributed by atoms with Crippen molar-refractivity contribution in [2.24, 2.45) is 0 Å². The number of aromatic nitrogens is 1. The molecule has 1 aromatic rings. The second-order valence-corrected chi connectivity index (χ2v) is 3.77. The molecular weight excluding hydrogens is 148 g/mol. The highest BCUT2D eigenvalue weighted by Crippen LogP contribution is 2.06. The lowest BCUT2D eigenvalue weighted by Crippen LogP contribution is -2.38. The third kappa shape index (κ3) is 2.62. The molecule has 0 aliphatic carbocycles. The van der Waals surface area contributed by atoms with Crippen molar-refractivity contribution in [3.05, 3.63) is 30.1 Å². The monoisotopic (exact) mass is 165 g/mol. The van der Waals surface area contributed by atoms with Crippen LogP contribution in [0.5, 0.6) is 0 Å². The van der Waals surface area contributed by atoms with Crippen LogP contribution in [0.15, 0.2) is 24.5 Å². The maximum Gasteiger partial charge on any atom is 0.105 e. The highest BCUT2D eigenvalue weighted by molar-refractivity contribution is 5.06. The predicted molar refractivity (Wildman–Crippen MR) is 50.6 cm³/mol. The highest BCUT2D eigenvalue weighted by Gasteiger charge is 2.11. The van der Waals surface area contributed by atoms with Gasteiger partial charge in [0.05, 0.1) is 20.6 Å². The fraction of sp³-hybridized carbons (Fsp3) is 0.500. The quantitative estimate of drug-likeness (QED) is 0.621. The predicted octanol–water partition coefficient (Wildman–Crippen LogP) is 1.68. The summed E-state index contributed by atoms with van der Waals surface area (Å²) in [5, 5.41) is 0. The molecule has 12 heavy (non-hydrogen) atoms. The van der Waals surface area contributed by atoms with Gasteiger partial charge in [0.1, 0.15) is 6.54 Å². The Morgan fingerprint density at radius 3 is 2.67 bits per heavy atom. The minimum atomic E-state index is 1.02. The van der Waals surface area contributed by atoms with Crippen LogP contribution in [0.2, 0.25) is 0 Å². The molecule has 0 aliphatic heterocycles. The molecule has 0 saturated carbocycles. The number of nitrogens with zero attached hydrogens (tertiary/aromatic N) is 2. The number of quaternary nitrogens is 1. The molecule has 0 atom stereocenters. The maximum absolute atomic E-state index is 4.09. The summed E-state index contributed by atoms with van der Waals surface area (Å²) in [6.45, 7) is 4.41. The van der Waals surface area contributed by atoms with Crippen LogP contribution in [0.25, 0.3) is 0 Å². The van der Waals surface area contributed by atoms with Gasteiger partial charge in [0.25, 0.3) is 0 Å². The summed E-state index contributed by atoms with van der Waals surface area (Å²) in [5.41, 5.74) is 1.31. The van der Waals surface area contributed by atoms with Crippen LogP contribution in [-0.4, -0.2) is 30.1 Å². The number of hydrogen-bond donors (Lipinski definition) is 0. The summed E-state index contributed by atoms with van der Waals surface area (Å²) < 4.78 is 1.02. The van der Waals surface area contributed by atoms with E-state index in [0.717, 1.165) is 17.6 Å². The van der Waals surface area contributed by atoms with Crippen LogP contribution in [-0.2, 0) is 6.54 Å². The summed E-state index contributed by atoms with van der Waals surface area (Å²) in [6, 6.07) is 4.12. The molecular formula is C10H17N2+. The summed E-state index contributed by atoms with van der Waals surface area (Å²) in [4.78, 5) is 4.09. The van der Waals surface area contributed by atoms with Gasteiger partial charge in [-0.05, 0) is 13.0 Å². The van der Waals surface area contributed by atoms with E-state index in [2.05, 4.69) is 32.1 Å². The average molecular weight is 165 g/mol. The minimum absolute atomic E-state index is 1.02. The van der Waals surface area contributed by atoms with Gasteiger partial charge in [-0.15, -0.1) is 0 Å². The van der Waals surface area contributed by atoms with Gasteiger partial charge in [0.2, 0.25) is 0 Å². The first-order valence-corrected chi connectivity index (χ1v) is 4.35. The lowest BCUT2D eigenvalue weighted by Gasteiger charge is -2.27. The van der Waals surface area contributed by atoms with E-state index < -0.39 is 0 Å². The third-order valence-electron chi connectivity index (χ3n) is 2.19. The van der Waals surface area contributed by atoms with Gasteiger partial charge < -0.3 is 4.48 Å². The van der Waals surface area contributed by atoms with E-state index in [9.17, 15) is 0 Å². The van der Waals surface area contributed by atoms with E-state index in [1.807, 2.05) is 18.5 Å². The SMILES string of the molecule is CC[N+](C)(C)Cc1cccnc1. The molecule has 66 valence electrons. The van der Waals surface area contributed by atoms with Crippen LogP contribution < -0.4 is 0 Å². The molecule has 0 bridgehead atoms. The van der Waals surface area contributed by atoms with Crippen molar-refractivity contribution in [2.75, 3.05) is 20.6 Å². The van der Waals surface area contributed by atoms with Gasteiger partial charge in [-0.1, -0.05) is 6.07 Å². The first-order valence-electron chi connectivity index (χ1n) is 4.35. The fourth-order valence-corrected chi connectivity index (χ4v) is 1.10. The van der Waals surface area contributed by atoms with Crippen molar-refractivity contribution in [1.29, 1.82) is 0 Å². The van der Waals surface area contributed by atoms with Gasteiger partial charge in [-0.2, -0.15) is 0 Å². The number of rotatable bonds is 3. The largest absolute Gasteiger partial charge is 0.325 e. The normalized spacial score (nSPS) is 11.6. The molecule has 0 saturated heterocycles. The lowest BCUT2D eigenvalue weighted by molar-refractivity contribution is -0.901. The minimum Gasteiger partial charge on any atom is -0.325 e. The smallest absolute Gasteiger partial charge is 0.105 e. The van der Waals surface area contributed by atoms with E-state index in [0.29, 0.717) is 0 Å². The van der Waals surface area contributed by atoms with Crippen LogP contribution in [0.3, 0.4) is 0 Å². The Morgan fingerprint density at radius 2 is 2.17 bits per heavy atom. The van der Waals surface area contributed by atoms with Crippen molar-refractivity contribution in [2.45, 2.75) is 13.5 Å². The molecule has 0 aromatic carbocycles. The van der Waals surface area contributed by atoms with Crippen molar-refractivity contribution in [1.82, 2.24) is 4.98 Å². The van der Waals surface area contributed by atoms with Crippen molar-refractivity contribution < 1.29 is 4.48 Å². The Bertz CT molecular complexity index is 229. The first-order chi connectivity index (χ1) is 5.64. The van der Waals surface area contributed by atoms with E-state index >= 15 is 0 Å². The van der Waals surface area contributed by atoms with E-state index in [-0.39, 0.29) is 0 Å². The molecule has 0 fully saturated rings. The Morgan fingerprint density at radius 1 is 1.42 bits per heavy atom. The Labute approximate surface area is 74.4 Å². The summed E-state index contributed by atoms with van der Waals surface area (Å²) >= 11 is 0. The van der Waals surface area contributed by atoms with E-state index in [4.69, 9.17) is 0 Å². The Kier molecular flexibility index (Phi) is 2.82.